The molecule has 4 nitrogen and oxygen atoms in total. The van der Waals surface area contributed by atoms with Crippen LogP contribution in [0.1, 0.15) is 16.8 Å². The van der Waals surface area contributed by atoms with Gasteiger partial charge in [0.25, 0.3) is 0 Å². The van der Waals surface area contributed by atoms with Gasteiger partial charge in [0, 0.05) is 31.4 Å². The van der Waals surface area contributed by atoms with Crippen LogP contribution in [0.25, 0.3) is 0 Å². The van der Waals surface area contributed by atoms with Crippen molar-refractivity contribution in [2.45, 2.75) is 19.5 Å². The largest absolute Gasteiger partial charge is 0.354 e. The van der Waals surface area contributed by atoms with Gasteiger partial charge in [0.15, 0.2) is 0 Å². The predicted molar refractivity (Wildman–Crippen MR) is 71.2 cm³/mol. The molecule has 0 amide bonds. The molecule has 2 N–H and O–H groups in total. The molecule has 1 aliphatic heterocycles. The molecular weight excluding hydrogens is 224 g/mol. The molecule has 0 radical (unpaired) electrons. The van der Waals surface area contributed by atoms with Gasteiger partial charge in [0.05, 0.1) is 5.69 Å². The fourth-order valence-corrected chi connectivity index (χ4v) is 2.11. The van der Waals surface area contributed by atoms with Gasteiger partial charge in [-0.05, 0) is 12.0 Å². The van der Waals surface area contributed by atoms with Crippen LogP contribution in [0.15, 0.2) is 36.5 Å². The zero-order valence-electron chi connectivity index (χ0n) is 10.2. The predicted octanol–water partition coefficient (Wildman–Crippen LogP) is 1.73. The van der Waals surface area contributed by atoms with Crippen LogP contribution in [0.3, 0.4) is 0 Å². The molecule has 1 aromatic heterocycles. The van der Waals surface area contributed by atoms with E-state index >= 15 is 0 Å². The van der Waals surface area contributed by atoms with Crippen LogP contribution in [0.5, 0.6) is 0 Å². The van der Waals surface area contributed by atoms with E-state index < -0.39 is 0 Å². The lowest BCUT2D eigenvalue weighted by Gasteiger charge is -2.06. The maximum atomic E-state index is 4.50. The van der Waals surface area contributed by atoms with Crippen LogP contribution in [-0.4, -0.2) is 16.5 Å². The summed E-state index contributed by atoms with van der Waals surface area (Å²) in [5.74, 6) is 0.730. The van der Waals surface area contributed by atoms with Gasteiger partial charge < -0.3 is 10.6 Å². The molecule has 3 rings (SSSR count). The summed E-state index contributed by atoms with van der Waals surface area (Å²) in [5.41, 5.74) is 3.66. The Morgan fingerprint density at radius 1 is 1.17 bits per heavy atom. The van der Waals surface area contributed by atoms with E-state index in [4.69, 9.17) is 0 Å². The second-order valence-electron chi connectivity index (χ2n) is 4.43. The van der Waals surface area contributed by atoms with Crippen molar-refractivity contribution in [2.75, 3.05) is 11.9 Å². The Hall–Kier alpha value is -1.94. The van der Waals surface area contributed by atoms with Gasteiger partial charge in [0.2, 0.25) is 5.95 Å². The Kier molecular flexibility index (Phi) is 3.19. The highest BCUT2D eigenvalue weighted by atomic mass is 15.1. The molecule has 0 saturated heterocycles. The van der Waals surface area contributed by atoms with Crippen molar-refractivity contribution in [1.29, 1.82) is 0 Å². The highest BCUT2D eigenvalue weighted by Gasteiger charge is 2.12. The molecule has 1 aliphatic rings. The third-order valence-electron chi connectivity index (χ3n) is 3.10. The Morgan fingerprint density at radius 3 is 2.94 bits per heavy atom. The van der Waals surface area contributed by atoms with E-state index in [0.29, 0.717) is 0 Å². The minimum atomic E-state index is 0.730. The molecule has 0 unspecified atom stereocenters. The molecule has 0 aliphatic carbocycles. The molecule has 0 spiro atoms. The summed E-state index contributed by atoms with van der Waals surface area (Å²) in [5, 5.41) is 6.54. The number of nitrogens with one attached hydrogen (secondary N) is 2. The van der Waals surface area contributed by atoms with E-state index in [1.807, 2.05) is 12.3 Å². The van der Waals surface area contributed by atoms with E-state index in [2.05, 4.69) is 44.9 Å². The minimum absolute atomic E-state index is 0.730. The number of fused-ring (bicyclic) bond motifs is 1. The van der Waals surface area contributed by atoms with Crippen molar-refractivity contribution in [3.8, 4) is 0 Å². The van der Waals surface area contributed by atoms with Crippen molar-refractivity contribution in [2.24, 2.45) is 0 Å². The summed E-state index contributed by atoms with van der Waals surface area (Å²) >= 11 is 0. The molecule has 0 saturated carbocycles. The van der Waals surface area contributed by atoms with Crippen molar-refractivity contribution in [3.63, 3.8) is 0 Å². The van der Waals surface area contributed by atoms with E-state index in [1.165, 1.54) is 11.1 Å². The molecule has 4 heteroatoms. The number of hydrogen-bond donors (Lipinski definition) is 2. The van der Waals surface area contributed by atoms with E-state index in [-0.39, 0.29) is 0 Å². The van der Waals surface area contributed by atoms with E-state index in [1.54, 1.807) is 0 Å². The smallest absolute Gasteiger partial charge is 0.222 e. The molecular formula is C14H16N4. The molecule has 92 valence electrons. The SMILES string of the molecule is c1ccc(CCNc2ncc3c(n2)CNC3)cc1. The number of anilines is 1. The third-order valence-corrected chi connectivity index (χ3v) is 3.10. The first kappa shape index (κ1) is 11.2. The van der Waals surface area contributed by atoms with Gasteiger partial charge in [-0.3, -0.25) is 0 Å². The lowest BCUT2D eigenvalue weighted by molar-refractivity contribution is 0.757. The third kappa shape index (κ3) is 2.49. The Bertz CT molecular complexity index is 525. The monoisotopic (exact) mass is 240 g/mol. The van der Waals surface area contributed by atoms with Crippen LogP contribution < -0.4 is 10.6 Å². The lowest BCUT2D eigenvalue weighted by atomic mass is 10.1. The lowest BCUT2D eigenvalue weighted by Crippen LogP contribution is -2.09. The van der Waals surface area contributed by atoms with Gasteiger partial charge in [-0.2, -0.15) is 0 Å². The number of nitrogens with zero attached hydrogens (tertiary/aromatic N) is 2. The highest BCUT2D eigenvalue weighted by Crippen LogP contribution is 2.13. The first-order valence-electron chi connectivity index (χ1n) is 6.25. The van der Waals surface area contributed by atoms with Crippen molar-refractivity contribution in [1.82, 2.24) is 15.3 Å². The molecule has 0 atom stereocenters. The highest BCUT2D eigenvalue weighted by molar-refractivity contribution is 5.31. The fraction of sp³-hybridized carbons (Fsp3) is 0.286. The minimum Gasteiger partial charge on any atom is -0.354 e. The Balaban J connectivity index is 1.57. The molecule has 1 aromatic carbocycles. The molecule has 18 heavy (non-hydrogen) atoms. The standard InChI is InChI=1S/C14H16N4/c1-2-4-11(5-3-1)6-7-16-14-17-9-12-8-15-10-13(12)18-14/h1-5,9,15H,6-8,10H2,(H,16,17,18). The molecule has 2 aromatic rings. The zero-order chi connectivity index (χ0) is 12.2. The molecule has 0 bridgehead atoms. The van der Waals surface area contributed by atoms with Crippen LogP contribution in [0, 0.1) is 0 Å². The fourth-order valence-electron chi connectivity index (χ4n) is 2.11. The summed E-state index contributed by atoms with van der Waals surface area (Å²) < 4.78 is 0. The first-order valence-corrected chi connectivity index (χ1v) is 6.25. The topological polar surface area (TPSA) is 49.8 Å². The van der Waals surface area contributed by atoms with Crippen molar-refractivity contribution >= 4 is 5.95 Å². The summed E-state index contributed by atoms with van der Waals surface area (Å²) in [6.45, 7) is 2.60. The number of rotatable bonds is 4. The maximum Gasteiger partial charge on any atom is 0.222 e. The number of benzene rings is 1. The average Bonchev–Trinajstić information content (AvgIpc) is 2.87. The average molecular weight is 240 g/mol. The second-order valence-corrected chi connectivity index (χ2v) is 4.43. The second kappa shape index (κ2) is 5.14. The van der Waals surface area contributed by atoms with E-state index in [9.17, 15) is 0 Å². The van der Waals surface area contributed by atoms with Gasteiger partial charge in [0.1, 0.15) is 0 Å². The number of hydrogen-bond acceptors (Lipinski definition) is 4. The quantitative estimate of drug-likeness (QED) is 0.854. The zero-order valence-corrected chi connectivity index (χ0v) is 10.2. The van der Waals surface area contributed by atoms with Crippen LogP contribution in [0.2, 0.25) is 0 Å². The molecule has 2 heterocycles. The van der Waals surface area contributed by atoms with Gasteiger partial charge in [-0.15, -0.1) is 0 Å². The maximum absolute atomic E-state index is 4.50. The van der Waals surface area contributed by atoms with Crippen LogP contribution in [0.4, 0.5) is 5.95 Å². The van der Waals surface area contributed by atoms with Crippen LogP contribution in [-0.2, 0) is 19.5 Å². The normalized spacial score (nSPS) is 13.3. The first-order chi connectivity index (χ1) is 8.92. The number of aromatic nitrogens is 2. The van der Waals surface area contributed by atoms with Crippen molar-refractivity contribution < 1.29 is 0 Å². The van der Waals surface area contributed by atoms with E-state index in [0.717, 1.165) is 37.7 Å². The molecule has 0 fully saturated rings. The van der Waals surface area contributed by atoms with Crippen LogP contribution >= 0.6 is 0 Å². The summed E-state index contributed by atoms with van der Waals surface area (Å²) in [7, 11) is 0. The van der Waals surface area contributed by atoms with Gasteiger partial charge in [-0.1, -0.05) is 30.3 Å². The Morgan fingerprint density at radius 2 is 2.06 bits per heavy atom. The summed E-state index contributed by atoms with van der Waals surface area (Å²) in [4.78, 5) is 8.82. The van der Waals surface area contributed by atoms with Gasteiger partial charge in [-0.25, -0.2) is 9.97 Å². The summed E-state index contributed by atoms with van der Waals surface area (Å²) in [6.07, 6.45) is 2.90. The van der Waals surface area contributed by atoms with Gasteiger partial charge >= 0.3 is 0 Å². The Labute approximate surface area is 106 Å². The van der Waals surface area contributed by atoms with Crippen molar-refractivity contribution in [3.05, 3.63) is 53.3 Å². The summed E-state index contributed by atoms with van der Waals surface area (Å²) in [6, 6.07) is 10.4.